The Labute approximate surface area is 145 Å². The summed E-state index contributed by atoms with van der Waals surface area (Å²) in [5, 5.41) is 6.74. The van der Waals surface area contributed by atoms with E-state index in [1.807, 2.05) is 0 Å². The minimum Gasteiger partial charge on any atom is -0.357 e. The Hall–Kier alpha value is 0.310. The number of nitrogens with one attached hydrogen (secondary N) is 2. The van der Waals surface area contributed by atoms with Crippen LogP contribution in [-0.2, 0) is 0 Å². The SMILES string of the molecule is CCNC(=NCC1(C)CCCS1)NCCN(C)CC.I. The predicted octanol–water partition coefficient (Wildman–Crippen LogP) is 2.40. The maximum Gasteiger partial charge on any atom is 0.191 e. The molecule has 0 bridgehead atoms. The molecule has 1 atom stereocenters. The largest absolute Gasteiger partial charge is 0.357 e. The molecule has 1 aliphatic rings. The third kappa shape index (κ3) is 7.93. The van der Waals surface area contributed by atoms with E-state index in [1.165, 1.54) is 18.6 Å². The Morgan fingerprint density at radius 2 is 2.10 bits per heavy atom. The normalized spacial score (nSPS) is 22.8. The highest BCUT2D eigenvalue weighted by molar-refractivity contribution is 14.0. The lowest BCUT2D eigenvalue weighted by molar-refractivity contribution is 0.357. The molecule has 0 aromatic rings. The van der Waals surface area contributed by atoms with E-state index < -0.39 is 0 Å². The second-order valence-electron chi connectivity index (χ2n) is 5.42. The van der Waals surface area contributed by atoms with Crippen molar-refractivity contribution >= 4 is 41.7 Å². The lowest BCUT2D eigenvalue weighted by Crippen LogP contribution is -2.41. The lowest BCUT2D eigenvalue weighted by Gasteiger charge is -2.21. The summed E-state index contributed by atoms with van der Waals surface area (Å²) in [4.78, 5) is 7.04. The van der Waals surface area contributed by atoms with Gasteiger partial charge in [-0.2, -0.15) is 11.8 Å². The first-order chi connectivity index (χ1) is 9.09. The smallest absolute Gasteiger partial charge is 0.191 e. The lowest BCUT2D eigenvalue weighted by atomic mass is 10.1. The van der Waals surface area contributed by atoms with Crippen LogP contribution in [0.25, 0.3) is 0 Å². The zero-order valence-electron chi connectivity index (χ0n) is 13.4. The van der Waals surface area contributed by atoms with Crippen molar-refractivity contribution in [1.82, 2.24) is 15.5 Å². The zero-order chi connectivity index (χ0) is 14.1. The van der Waals surface area contributed by atoms with Crippen LogP contribution in [0.4, 0.5) is 0 Å². The molecule has 0 saturated carbocycles. The summed E-state index contributed by atoms with van der Waals surface area (Å²) in [7, 11) is 2.14. The maximum atomic E-state index is 4.74. The molecule has 1 rings (SSSR count). The van der Waals surface area contributed by atoms with Gasteiger partial charge < -0.3 is 15.5 Å². The van der Waals surface area contributed by atoms with Gasteiger partial charge in [0.1, 0.15) is 0 Å². The molecule has 1 heterocycles. The molecule has 120 valence electrons. The molecule has 6 heteroatoms. The predicted molar refractivity (Wildman–Crippen MR) is 103 cm³/mol. The van der Waals surface area contributed by atoms with Crippen LogP contribution < -0.4 is 10.6 Å². The highest BCUT2D eigenvalue weighted by Gasteiger charge is 2.29. The van der Waals surface area contributed by atoms with Gasteiger partial charge in [0.15, 0.2) is 5.96 Å². The standard InChI is InChI=1S/C14H30N4S.HI/c1-5-15-13(16-9-10-18(4)6-2)17-12-14(3)8-7-11-19-14;/h5-12H2,1-4H3,(H2,15,16,17);1H. The average Bonchev–Trinajstić information content (AvgIpc) is 2.83. The number of aliphatic imine (C=N–C) groups is 1. The highest BCUT2D eigenvalue weighted by atomic mass is 127. The van der Waals surface area contributed by atoms with Gasteiger partial charge in [0.25, 0.3) is 0 Å². The van der Waals surface area contributed by atoms with Crippen molar-refractivity contribution < 1.29 is 0 Å². The number of thioether (sulfide) groups is 1. The van der Waals surface area contributed by atoms with Gasteiger partial charge in [0, 0.05) is 24.4 Å². The third-order valence-corrected chi connectivity index (χ3v) is 5.07. The van der Waals surface area contributed by atoms with Crippen molar-refractivity contribution in [2.45, 2.75) is 38.4 Å². The van der Waals surface area contributed by atoms with Gasteiger partial charge >= 0.3 is 0 Å². The summed E-state index contributed by atoms with van der Waals surface area (Å²) in [6.07, 6.45) is 2.63. The van der Waals surface area contributed by atoms with Crippen molar-refractivity contribution in [3.8, 4) is 0 Å². The van der Waals surface area contributed by atoms with Crippen LogP contribution in [0.2, 0.25) is 0 Å². The van der Waals surface area contributed by atoms with Crippen LogP contribution in [0.5, 0.6) is 0 Å². The Morgan fingerprint density at radius 3 is 2.65 bits per heavy atom. The van der Waals surface area contributed by atoms with Crippen LogP contribution >= 0.6 is 35.7 Å². The second-order valence-corrected chi connectivity index (χ2v) is 7.10. The first kappa shape index (κ1) is 20.3. The first-order valence-corrected chi connectivity index (χ1v) is 8.43. The summed E-state index contributed by atoms with van der Waals surface area (Å²) in [5.41, 5.74) is 0. The minimum absolute atomic E-state index is 0. The number of rotatable bonds is 7. The number of halogens is 1. The Morgan fingerprint density at radius 1 is 1.35 bits per heavy atom. The number of guanidine groups is 1. The fraction of sp³-hybridized carbons (Fsp3) is 0.929. The quantitative estimate of drug-likeness (QED) is 0.381. The van der Waals surface area contributed by atoms with Gasteiger partial charge in [0.05, 0.1) is 6.54 Å². The number of nitrogens with zero attached hydrogens (tertiary/aromatic N) is 2. The monoisotopic (exact) mass is 414 g/mol. The molecule has 0 aromatic heterocycles. The van der Waals surface area contributed by atoms with Crippen molar-refractivity contribution in [2.75, 3.05) is 45.5 Å². The summed E-state index contributed by atoms with van der Waals surface area (Å²) in [5.74, 6) is 2.25. The minimum atomic E-state index is 0. The molecular weight excluding hydrogens is 383 g/mol. The Bertz CT molecular complexity index is 280. The zero-order valence-corrected chi connectivity index (χ0v) is 16.5. The molecule has 2 N–H and O–H groups in total. The molecule has 1 fully saturated rings. The second kappa shape index (κ2) is 11.0. The number of hydrogen-bond donors (Lipinski definition) is 2. The van der Waals surface area contributed by atoms with Crippen LogP contribution in [-0.4, -0.2) is 61.1 Å². The van der Waals surface area contributed by atoms with Gasteiger partial charge in [-0.05, 0) is 46.0 Å². The number of hydrogen-bond acceptors (Lipinski definition) is 3. The van der Waals surface area contributed by atoms with Crippen molar-refractivity contribution in [3.05, 3.63) is 0 Å². The van der Waals surface area contributed by atoms with Gasteiger partial charge in [0.2, 0.25) is 0 Å². The van der Waals surface area contributed by atoms with E-state index in [0.29, 0.717) is 4.75 Å². The van der Waals surface area contributed by atoms with E-state index in [1.54, 1.807) is 0 Å². The molecule has 4 nitrogen and oxygen atoms in total. The number of likely N-dealkylation sites (N-methyl/N-ethyl adjacent to an activating group) is 1. The van der Waals surface area contributed by atoms with Crippen LogP contribution in [0.1, 0.15) is 33.6 Å². The molecule has 1 saturated heterocycles. The van der Waals surface area contributed by atoms with Crippen LogP contribution in [0.3, 0.4) is 0 Å². The molecule has 1 aliphatic heterocycles. The van der Waals surface area contributed by atoms with Crippen molar-refractivity contribution in [1.29, 1.82) is 0 Å². The topological polar surface area (TPSA) is 39.7 Å². The molecule has 0 amide bonds. The van der Waals surface area contributed by atoms with Crippen LogP contribution in [0, 0.1) is 0 Å². The van der Waals surface area contributed by atoms with Gasteiger partial charge in [-0.15, -0.1) is 24.0 Å². The Kier molecular flexibility index (Phi) is 11.1. The van der Waals surface area contributed by atoms with Crippen molar-refractivity contribution in [3.63, 3.8) is 0 Å². The summed E-state index contributed by atoms with van der Waals surface area (Å²) in [6.45, 7) is 11.5. The van der Waals surface area contributed by atoms with E-state index in [9.17, 15) is 0 Å². The molecule has 0 aliphatic carbocycles. The van der Waals surface area contributed by atoms with Gasteiger partial charge in [-0.3, -0.25) is 4.99 Å². The summed E-state index contributed by atoms with van der Waals surface area (Å²) in [6, 6.07) is 0. The van der Waals surface area contributed by atoms with Crippen molar-refractivity contribution in [2.24, 2.45) is 4.99 Å². The molecule has 0 radical (unpaired) electrons. The fourth-order valence-corrected chi connectivity index (χ4v) is 3.30. The average molecular weight is 414 g/mol. The van der Waals surface area contributed by atoms with E-state index in [2.05, 4.69) is 55.1 Å². The summed E-state index contributed by atoms with van der Waals surface area (Å²) >= 11 is 2.07. The molecular formula is C14H31IN4S. The van der Waals surface area contributed by atoms with E-state index in [-0.39, 0.29) is 24.0 Å². The van der Waals surface area contributed by atoms with Gasteiger partial charge in [-0.25, -0.2) is 0 Å². The molecule has 20 heavy (non-hydrogen) atoms. The van der Waals surface area contributed by atoms with E-state index in [0.717, 1.165) is 38.7 Å². The molecule has 1 unspecified atom stereocenters. The van der Waals surface area contributed by atoms with E-state index >= 15 is 0 Å². The fourth-order valence-electron chi connectivity index (χ4n) is 2.07. The highest BCUT2D eigenvalue weighted by Crippen LogP contribution is 2.37. The maximum absolute atomic E-state index is 4.74. The van der Waals surface area contributed by atoms with E-state index in [4.69, 9.17) is 4.99 Å². The van der Waals surface area contributed by atoms with Crippen LogP contribution in [0.15, 0.2) is 4.99 Å². The van der Waals surface area contributed by atoms with Gasteiger partial charge in [-0.1, -0.05) is 6.92 Å². The first-order valence-electron chi connectivity index (χ1n) is 7.44. The Balaban J connectivity index is 0.00000361. The third-order valence-electron chi connectivity index (χ3n) is 3.54. The molecule has 0 aromatic carbocycles. The molecule has 0 spiro atoms. The summed E-state index contributed by atoms with van der Waals surface area (Å²) < 4.78 is 0.350.